The maximum atomic E-state index is 14.1. The molecule has 2 amide bonds. The number of anilines is 1. The molecule has 0 spiro atoms. The Morgan fingerprint density at radius 1 is 1.13 bits per heavy atom. The number of aromatic nitrogens is 5. The van der Waals surface area contributed by atoms with Crippen LogP contribution >= 0.6 is 15.9 Å². The van der Waals surface area contributed by atoms with Crippen molar-refractivity contribution in [2.24, 2.45) is 5.41 Å². The van der Waals surface area contributed by atoms with Crippen LogP contribution in [0.15, 0.2) is 66.6 Å². The quantitative estimate of drug-likeness (QED) is 0.102. The van der Waals surface area contributed by atoms with E-state index >= 15 is 0 Å². The summed E-state index contributed by atoms with van der Waals surface area (Å²) in [6.07, 6.45) is 7.93. The minimum atomic E-state index is -0.746. The maximum absolute atomic E-state index is 14.1. The Labute approximate surface area is 268 Å². The summed E-state index contributed by atoms with van der Waals surface area (Å²) < 4.78 is 7.92. The van der Waals surface area contributed by atoms with Crippen LogP contribution in [-0.2, 0) is 20.9 Å². The minimum absolute atomic E-state index is 0.145. The van der Waals surface area contributed by atoms with Crippen molar-refractivity contribution in [2.45, 2.75) is 45.3 Å². The summed E-state index contributed by atoms with van der Waals surface area (Å²) in [5.41, 5.74) is 2.86. The fraction of sp³-hybridized carbons (Fsp3) is 0.303. The number of nitrogens with one attached hydrogen (secondary N) is 1. The zero-order valence-corrected chi connectivity index (χ0v) is 26.6. The third-order valence-corrected chi connectivity index (χ3v) is 8.91. The standard InChI is InChI=1S/C33H32BrN7O4/c1-5-11-45-18-33-13-26(32(44)38-31-21(6-2)8-10-28(34)37-31)41(27(33)14-33)29(43)17-40-25-9-7-22(23-15-35-20(4)36-16-23)12-24(25)30(39-40)19(3)42/h5-10,12,15-16,26-27H,1-2,11,13-14,17-18H2,3-4H3,(H,37,38,44)/t26-,27+,33-/m0/s1. The number of carbonyl (C=O) groups is 3. The molecule has 1 N–H and O–H groups in total. The largest absolute Gasteiger partial charge is 0.377 e. The molecule has 45 heavy (non-hydrogen) atoms. The average Bonchev–Trinajstić information content (AvgIpc) is 3.43. The van der Waals surface area contributed by atoms with Crippen LogP contribution in [0.3, 0.4) is 0 Å². The van der Waals surface area contributed by atoms with Gasteiger partial charge in [0.15, 0.2) is 5.78 Å². The zero-order valence-electron chi connectivity index (χ0n) is 25.0. The van der Waals surface area contributed by atoms with Gasteiger partial charge in [0.1, 0.15) is 34.5 Å². The number of rotatable bonds is 11. The van der Waals surface area contributed by atoms with E-state index < -0.39 is 6.04 Å². The normalized spacial score (nSPS) is 20.1. The topological polar surface area (TPSA) is 132 Å². The molecule has 3 atom stereocenters. The predicted molar refractivity (Wildman–Crippen MR) is 173 cm³/mol. The molecule has 0 unspecified atom stereocenters. The highest BCUT2D eigenvalue weighted by atomic mass is 79.9. The molecular weight excluding hydrogens is 638 g/mol. The molecule has 2 aliphatic rings. The van der Waals surface area contributed by atoms with E-state index in [1.165, 1.54) is 6.92 Å². The number of Topliss-reactive ketones (excluding diaryl/α,β-unsaturated/α-hetero) is 1. The van der Waals surface area contributed by atoms with E-state index in [0.717, 1.165) is 17.5 Å². The Hall–Kier alpha value is -4.55. The van der Waals surface area contributed by atoms with E-state index in [1.54, 1.807) is 46.3 Å². The molecule has 3 aromatic heterocycles. The van der Waals surface area contributed by atoms with E-state index in [1.807, 2.05) is 25.1 Å². The van der Waals surface area contributed by atoms with Gasteiger partial charge in [0, 0.05) is 47.3 Å². The first-order chi connectivity index (χ1) is 21.6. The second-order valence-corrected chi connectivity index (χ2v) is 12.3. The molecule has 1 aromatic carbocycles. The number of fused-ring (bicyclic) bond motifs is 2. The Kier molecular flexibility index (Phi) is 8.19. The van der Waals surface area contributed by atoms with Gasteiger partial charge < -0.3 is 15.0 Å². The number of pyridine rings is 1. The third kappa shape index (κ3) is 5.83. The van der Waals surface area contributed by atoms with Gasteiger partial charge in [0.2, 0.25) is 11.8 Å². The first kappa shape index (κ1) is 30.5. The van der Waals surface area contributed by atoms with Crippen LogP contribution in [0, 0.1) is 12.3 Å². The van der Waals surface area contributed by atoms with Gasteiger partial charge in [0.05, 0.1) is 18.7 Å². The van der Waals surface area contributed by atoms with Crippen molar-refractivity contribution >= 4 is 56.3 Å². The Balaban J connectivity index is 1.30. The molecule has 1 aliphatic heterocycles. The zero-order chi connectivity index (χ0) is 31.9. The fourth-order valence-electron chi connectivity index (χ4n) is 6.17. The number of amides is 2. The van der Waals surface area contributed by atoms with Crippen molar-refractivity contribution in [3.63, 3.8) is 0 Å². The lowest BCUT2D eigenvalue weighted by Gasteiger charge is -2.27. The first-order valence-corrected chi connectivity index (χ1v) is 15.3. The number of hydrogen-bond acceptors (Lipinski definition) is 8. The van der Waals surface area contributed by atoms with Gasteiger partial charge in [-0.3, -0.25) is 19.1 Å². The van der Waals surface area contributed by atoms with Gasteiger partial charge in [-0.05, 0) is 65.5 Å². The highest BCUT2D eigenvalue weighted by Crippen LogP contribution is 2.60. The van der Waals surface area contributed by atoms with E-state index in [0.29, 0.717) is 52.3 Å². The Bertz CT molecular complexity index is 1850. The molecule has 0 radical (unpaired) electrons. The van der Waals surface area contributed by atoms with Crippen LogP contribution in [0.5, 0.6) is 0 Å². The summed E-state index contributed by atoms with van der Waals surface area (Å²) in [6.45, 7) is 11.4. The fourth-order valence-corrected chi connectivity index (χ4v) is 6.48. The lowest BCUT2D eigenvalue weighted by Crippen LogP contribution is -2.47. The van der Waals surface area contributed by atoms with Crippen molar-refractivity contribution in [3.8, 4) is 11.1 Å². The summed E-state index contributed by atoms with van der Waals surface area (Å²) in [7, 11) is 0. The molecule has 2 fully saturated rings. The van der Waals surface area contributed by atoms with E-state index in [4.69, 9.17) is 4.74 Å². The summed E-state index contributed by atoms with van der Waals surface area (Å²) >= 11 is 3.36. The Morgan fingerprint density at radius 3 is 2.62 bits per heavy atom. The molecule has 4 aromatic rings. The molecule has 6 rings (SSSR count). The number of likely N-dealkylation sites (tertiary alicyclic amines) is 1. The number of ether oxygens (including phenoxy) is 1. The molecule has 230 valence electrons. The smallest absolute Gasteiger partial charge is 0.248 e. The van der Waals surface area contributed by atoms with E-state index in [2.05, 4.69) is 54.5 Å². The van der Waals surface area contributed by atoms with Crippen molar-refractivity contribution in [3.05, 3.63) is 83.6 Å². The molecule has 1 aliphatic carbocycles. The van der Waals surface area contributed by atoms with Crippen LogP contribution in [0.1, 0.15) is 41.6 Å². The molecule has 12 heteroatoms. The predicted octanol–water partition coefficient (Wildman–Crippen LogP) is 5.01. The number of piperidine rings is 1. The second kappa shape index (κ2) is 12.1. The van der Waals surface area contributed by atoms with E-state index in [-0.39, 0.29) is 41.3 Å². The second-order valence-electron chi connectivity index (χ2n) is 11.5. The summed E-state index contributed by atoms with van der Waals surface area (Å²) in [5, 5.41) is 8.10. The van der Waals surface area contributed by atoms with Crippen LogP contribution in [-0.4, -0.2) is 72.5 Å². The molecule has 0 bridgehead atoms. The number of halogens is 1. The number of aryl methyl sites for hydroxylation is 1. The van der Waals surface area contributed by atoms with Gasteiger partial charge >= 0.3 is 0 Å². The van der Waals surface area contributed by atoms with Gasteiger partial charge in [-0.25, -0.2) is 15.0 Å². The first-order valence-electron chi connectivity index (χ1n) is 14.5. The Morgan fingerprint density at radius 2 is 1.91 bits per heavy atom. The lowest BCUT2D eigenvalue weighted by molar-refractivity contribution is -0.138. The highest BCUT2D eigenvalue weighted by molar-refractivity contribution is 9.10. The van der Waals surface area contributed by atoms with Crippen LogP contribution in [0.2, 0.25) is 0 Å². The number of hydrogen-bond donors (Lipinski definition) is 1. The van der Waals surface area contributed by atoms with Gasteiger partial charge in [0.25, 0.3) is 0 Å². The number of ketones is 1. The van der Waals surface area contributed by atoms with E-state index in [9.17, 15) is 14.4 Å². The van der Waals surface area contributed by atoms with Gasteiger partial charge in [-0.15, -0.1) is 6.58 Å². The summed E-state index contributed by atoms with van der Waals surface area (Å²) in [6, 6.07) is 8.25. The van der Waals surface area contributed by atoms with Gasteiger partial charge in [-0.1, -0.05) is 24.8 Å². The van der Waals surface area contributed by atoms with Crippen LogP contribution in [0.25, 0.3) is 28.1 Å². The molecule has 1 saturated carbocycles. The third-order valence-electron chi connectivity index (χ3n) is 8.47. The monoisotopic (exact) mass is 669 g/mol. The highest BCUT2D eigenvalue weighted by Gasteiger charge is 2.67. The van der Waals surface area contributed by atoms with Crippen molar-refractivity contribution in [1.82, 2.24) is 29.6 Å². The summed E-state index contributed by atoms with van der Waals surface area (Å²) in [4.78, 5) is 55.1. The molecule has 1 saturated heterocycles. The minimum Gasteiger partial charge on any atom is -0.377 e. The lowest BCUT2D eigenvalue weighted by atomic mass is 10.00. The molecule has 4 heterocycles. The SMILES string of the molecule is C=CCOC[C@@]12C[C@@H](C(=O)Nc3nc(Br)ccc3C=C)N(C(=O)Cn3nc(C(C)=O)c4cc(-c5cnc(C)nc5)ccc43)[C@@H]1C2. The van der Waals surface area contributed by atoms with Crippen LogP contribution < -0.4 is 5.32 Å². The van der Waals surface area contributed by atoms with Crippen molar-refractivity contribution < 1.29 is 19.1 Å². The van der Waals surface area contributed by atoms with Crippen molar-refractivity contribution in [1.29, 1.82) is 0 Å². The molecular formula is C33H32BrN7O4. The van der Waals surface area contributed by atoms with Crippen LogP contribution in [0.4, 0.5) is 5.82 Å². The number of benzene rings is 1. The average molecular weight is 671 g/mol. The number of nitrogens with zero attached hydrogens (tertiary/aromatic N) is 6. The maximum Gasteiger partial charge on any atom is 0.248 e. The molecule has 11 nitrogen and oxygen atoms in total. The number of carbonyl (C=O) groups excluding carboxylic acids is 3. The van der Waals surface area contributed by atoms with Crippen molar-refractivity contribution in [2.75, 3.05) is 18.5 Å². The van der Waals surface area contributed by atoms with Gasteiger partial charge in [-0.2, -0.15) is 5.10 Å². The summed E-state index contributed by atoms with van der Waals surface area (Å²) in [5.74, 6) is 0.178.